The van der Waals surface area contributed by atoms with Crippen molar-refractivity contribution in [3.63, 3.8) is 0 Å². The van der Waals surface area contributed by atoms with E-state index < -0.39 is 0 Å². The van der Waals surface area contributed by atoms with Crippen molar-refractivity contribution in [2.24, 2.45) is 5.84 Å². The van der Waals surface area contributed by atoms with Gasteiger partial charge < -0.3 is 4.74 Å². The normalized spacial score (nSPS) is 15.5. The van der Waals surface area contributed by atoms with Crippen LogP contribution in [0.15, 0.2) is 16.6 Å². The van der Waals surface area contributed by atoms with Crippen LogP contribution in [0.4, 0.5) is 0 Å². The van der Waals surface area contributed by atoms with Crippen molar-refractivity contribution in [3.05, 3.63) is 27.7 Å². The van der Waals surface area contributed by atoms with Gasteiger partial charge in [0.15, 0.2) is 0 Å². The number of nitrogens with two attached hydrogens (primary N) is 1. The van der Waals surface area contributed by atoms with E-state index in [1.54, 1.807) is 0 Å². The smallest absolute Gasteiger partial charge is 0.125 e. The Kier molecular flexibility index (Phi) is 4.42. The first-order valence-electron chi connectivity index (χ1n) is 6.14. The number of benzene rings is 1. The Morgan fingerprint density at radius 3 is 3.06 bits per heavy atom. The Bertz CT molecular complexity index is 395. The van der Waals surface area contributed by atoms with E-state index in [0.29, 0.717) is 6.04 Å². The quantitative estimate of drug-likeness (QED) is 0.649. The molecule has 0 aromatic heterocycles. The molecule has 0 aliphatic carbocycles. The molecule has 0 saturated carbocycles. The van der Waals surface area contributed by atoms with Crippen LogP contribution in [-0.2, 0) is 12.8 Å². The Labute approximate surface area is 111 Å². The number of hydrogen-bond acceptors (Lipinski definition) is 3. The minimum absolute atomic E-state index is 0.322. The molecule has 1 atom stereocenters. The summed E-state index contributed by atoms with van der Waals surface area (Å²) in [5.74, 6) is 6.66. The lowest BCUT2D eigenvalue weighted by molar-refractivity contribution is 0.350. The van der Waals surface area contributed by atoms with E-state index in [4.69, 9.17) is 10.6 Å². The molecule has 0 amide bonds. The molecule has 17 heavy (non-hydrogen) atoms. The van der Waals surface area contributed by atoms with Crippen LogP contribution in [0.1, 0.15) is 30.9 Å². The number of fused-ring (bicyclic) bond motifs is 1. The van der Waals surface area contributed by atoms with Gasteiger partial charge in [0.25, 0.3) is 0 Å². The molecule has 1 aromatic carbocycles. The van der Waals surface area contributed by atoms with Gasteiger partial charge in [-0.2, -0.15) is 0 Å². The minimum atomic E-state index is 0.322. The summed E-state index contributed by atoms with van der Waals surface area (Å²) in [6.07, 6.45) is 4.14. The molecule has 2 rings (SSSR count). The third kappa shape index (κ3) is 3.00. The molecule has 0 bridgehead atoms. The average Bonchev–Trinajstić information content (AvgIpc) is 2.76. The van der Waals surface area contributed by atoms with Gasteiger partial charge >= 0.3 is 0 Å². The van der Waals surface area contributed by atoms with E-state index in [1.165, 1.54) is 11.1 Å². The molecule has 1 unspecified atom stereocenters. The molecule has 0 radical (unpaired) electrons. The van der Waals surface area contributed by atoms with E-state index >= 15 is 0 Å². The van der Waals surface area contributed by atoms with E-state index in [9.17, 15) is 0 Å². The van der Waals surface area contributed by atoms with Gasteiger partial charge in [-0.3, -0.25) is 11.3 Å². The molecule has 4 heteroatoms. The molecule has 1 heterocycles. The third-order valence-electron chi connectivity index (χ3n) is 3.16. The van der Waals surface area contributed by atoms with Crippen molar-refractivity contribution in [1.82, 2.24) is 5.43 Å². The average molecular weight is 299 g/mol. The van der Waals surface area contributed by atoms with Gasteiger partial charge in [0.05, 0.1) is 6.61 Å². The monoisotopic (exact) mass is 298 g/mol. The predicted molar refractivity (Wildman–Crippen MR) is 73.1 cm³/mol. The van der Waals surface area contributed by atoms with Crippen LogP contribution >= 0.6 is 15.9 Å². The van der Waals surface area contributed by atoms with Gasteiger partial charge in [-0.25, -0.2) is 0 Å². The largest absolute Gasteiger partial charge is 0.493 e. The fraction of sp³-hybridized carbons (Fsp3) is 0.538. The van der Waals surface area contributed by atoms with Crippen LogP contribution in [0.2, 0.25) is 0 Å². The number of hydrogen-bond donors (Lipinski definition) is 2. The number of halogens is 1. The minimum Gasteiger partial charge on any atom is -0.493 e. The fourth-order valence-electron chi connectivity index (χ4n) is 2.36. The van der Waals surface area contributed by atoms with Crippen LogP contribution in [0, 0.1) is 0 Å². The van der Waals surface area contributed by atoms with Crippen LogP contribution in [0.25, 0.3) is 0 Å². The van der Waals surface area contributed by atoms with Crippen molar-refractivity contribution >= 4 is 15.9 Å². The summed E-state index contributed by atoms with van der Waals surface area (Å²) in [4.78, 5) is 0. The highest BCUT2D eigenvalue weighted by Gasteiger charge is 2.19. The van der Waals surface area contributed by atoms with Gasteiger partial charge in [0.1, 0.15) is 5.75 Å². The van der Waals surface area contributed by atoms with Gasteiger partial charge in [0.2, 0.25) is 0 Å². The van der Waals surface area contributed by atoms with Crippen molar-refractivity contribution < 1.29 is 4.74 Å². The van der Waals surface area contributed by atoms with Crippen molar-refractivity contribution in [3.8, 4) is 5.75 Å². The number of nitrogens with one attached hydrogen (secondary N) is 1. The van der Waals surface area contributed by atoms with Gasteiger partial charge in [-0.05, 0) is 36.1 Å². The van der Waals surface area contributed by atoms with Crippen LogP contribution in [-0.4, -0.2) is 12.6 Å². The van der Waals surface area contributed by atoms with Crippen molar-refractivity contribution in [2.45, 2.75) is 38.6 Å². The summed E-state index contributed by atoms with van der Waals surface area (Å²) in [6.45, 7) is 2.97. The molecule has 1 aliphatic heterocycles. The topological polar surface area (TPSA) is 47.3 Å². The van der Waals surface area contributed by atoms with E-state index in [-0.39, 0.29) is 0 Å². The third-order valence-corrected chi connectivity index (χ3v) is 3.62. The SMILES string of the molecule is CCCC(Cc1cc(Br)cc2c1OCC2)NN. The van der Waals surface area contributed by atoms with Crippen molar-refractivity contribution in [1.29, 1.82) is 0 Å². The van der Waals surface area contributed by atoms with E-state index in [2.05, 4.69) is 40.4 Å². The highest BCUT2D eigenvalue weighted by atomic mass is 79.9. The van der Waals surface area contributed by atoms with Crippen LogP contribution in [0.3, 0.4) is 0 Å². The molecule has 94 valence electrons. The molecule has 3 N–H and O–H groups in total. The molecule has 0 saturated heterocycles. The Balaban J connectivity index is 2.20. The maximum Gasteiger partial charge on any atom is 0.125 e. The summed E-state index contributed by atoms with van der Waals surface area (Å²) in [6, 6.07) is 4.61. The second-order valence-corrected chi connectivity index (χ2v) is 5.42. The number of rotatable bonds is 5. The van der Waals surface area contributed by atoms with Crippen molar-refractivity contribution in [2.75, 3.05) is 6.61 Å². The standard InChI is InChI=1S/C13H19BrN2O/c1-2-3-12(16-15)8-10-7-11(14)6-9-4-5-17-13(9)10/h6-7,12,16H,2-5,8,15H2,1H3. The first-order valence-corrected chi connectivity index (χ1v) is 6.94. The Morgan fingerprint density at radius 2 is 2.35 bits per heavy atom. The summed E-state index contributed by atoms with van der Waals surface area (Å²) in [7, 11) is 0. The molecule has 1 aliphatic rings. The lowest BCUT2D eigenvalue weighted by atomic mass is 9.99. The number of ether oxygens (including phenoxy) is 1. The summed E-state index contributed by atoms with van der Waals surface area (Å²) < 4.78 is 6.85. The molecular weight excluding hydrogens is 280 g/mol. The number of hydrazine groups is 1. The van der Waals surface area contributed by atoms with Gasteiger partial charge in [-0.1, -0.05) is 29.3 Å². The zero-order valence-electron chi connectivity index (χ0n) is 10.1. The summed E-state index contributed by atoms with van der Waals surface area (Å²) >= 11 is 3.56. The molecule has 3 nitrogen and oxygen atoms in total. The molecule has 1 aromatic rings. The second-order valence-electron chi connectivity index (χ2n) is 4.51. The maximum absolute atomic E-state index is 5.72. The zero-order valence-corrected chi connectivity index (χ0v) is 11.7. The highest BCUT2D eigenvalue weighted by molar-refractivity contribution is 9.10. The predicted octanol–water partition coefficient (Wildman–Crippen LogP) is 2.56. The maximum atomic E-state index is 5.72. The first kappa shape index (κ1) is 12.9. The summed E-state index contributed by atoms with van der Waals surface area (Å²) in [5, 5.41) is 0. The van der Waals surface area contributed by atoms with Gasteiger partial charge in [0, 0.05) is 16.9 Å². The Morgan fingerprint density at radius 1 is 1.53 bits per heavy atom. The highest BCUT2D eigenvalue weighted by Crippen LogP contribution is 2.33. The fourth-order valence-corrected chi connectivity index (χ4v) is 2.91. The van der Waals surface area contributed by atoms with Crippen LogP contribution in [0.5, 0.6) is 5.75 Å². The molecule has 0 fully saturated rings. The van der Waals surface area contributed by atoms with E-state index in [1.807, 2.05) is 0 Å². The zero-order chi connectivity index (χ0) is 12.3. The molecule has 0 spiro atoms. The molecular formula is C13H19BrN2O. The first-order chi connectivity index (χ1) is 8.24. The lowest BCUT2D eigenvalue weighted by Crippen LogP contribution is -2.36. The van der Waals surface area contributed by atoms with E-state index in [0.717, 1.165) is 42.5 Å². The summed E-state index contributed by atoms with van der Waals surface area (Å²) in [5.41, 5.74) is 5.45. The lowest BCUT2D eigenvalue weighted by Gasteiger charge is -2.17. The second kappa shape index (κ2) is 5.85. The van der Waals surface area contributed by atoms with Crippen LogP contribution < -0.4 is 16.0 Å². The Hall–Kier alpha value is -0.580. The van der Waals surface area contributed by atoms with Gasteiger partial charge in [-0.15, -0.1) is 0 Å².